The van der Waals surface area contributed by atoms with Gasteiger partial charge in [-0.25, -0.2) is 9.78 Å². The first-order valence-corrected chi connectivity index (χ1v) is 13.4. The van der Waals surface area contributed by atoms with Crippen LogP contribution >= 0.6 is 11.6 Å². The Morgan fingerprint density at radius 1 is 1.15 bits per heavy atom. The molecule has 0 aliphatic carbocycles. The van der Waals surface area contributed by atoms with Gasteiger partial charge in [0.25, 0.3) is 5.91 Å². The highest BCUT2D eigenvalue weighted by Crippen LogP contribution is 2.28. The number of amides is 2. The molecule has 1 saturated heterocycles. The molecule has 1 aliphatic heterocycles. The molecule has 0 saturated carbocycles. The van der Waals surface area contributed by atoms with E-state index in [0.29, 0.717) is 25.5 Å². The lowest BCUT2D eigenvalue weighted by atomic mass is 9.87. The zero-order chi connectivity index (χ0) is 28.2. The van der Waals surface area contributed by atoms with Gasteiger partial charge in [0.05, 0.1) is 11.2 Å². The van der Waals surface area contributed by atoms with E-state index in [1.165, 1.54) is 6.20 Å². The van der Waals surface area contributed by atoms with Crippen molar-refractivity contribution >= 4 is 29.4 Å². The summed E-state index contributed by atoms with van der Waals surface area (Å²) >= 11 is 6.40. The molecule has 4 rings (SSSR count). The zero-order valence-electron chi connectivity index (χ0n) is 23.0. The second kappa shape index (κ2) is 11.9. The molecule has 8 nitrogen and oxygen atoms in total. The van der Waals surface area contributed by atoms with Crippen LogP contribution in [0.15, 0.2) is 48.8 Å². The van der Waals surface area contributed by atoms with Crippen molar-refractivity contribution < 1.29 is 14.3 Å². The van der Waals surface area contributed by atoms with Crippen LogP contribution in [0.5, 0.6) is 0 Å². The monoisotopic (exact) mass is 547 g/mol. The predicted molar refractivity (Wildman–Crippen MR) is 152 cm³/mol. The van der Waals surface area contributed by atoms with E-state index in [2.05, 4.69) is 34.2 Å². The number of aryl methyl sites for hydroxylation is 1. The van der Waals surface area contributed by atoms with Gasteiger partial charge < -0.3 is 15.0 Å². The van der Waals surface area contributed by atoms with Gasteiger partial charge in [-0.3, -0.25) is 9.48 Å². The van der Waals surface area contributed by atoms with Gasteiger partial charge >= 0.3 is 6.09 Å². The van der Waals surface area contributed by atoms with Crippen molar-refractivity contribution in [3.8, 4) is 11.8 Å². The Bertz CT molecular complexity index is 1400. The molecule has 1 fully saturated rings. The van der Waals surface area contributed by atoms with E-state index in [1.54, 1.807) is 15.8 Å². The first-order valence-electron chi connectivity index (χ1n) is 13.0. The number of nitrogens with one attached hydrogen (secondary N) is 1. The molecule has 0 spiro atoms. The van der Waals surface area contributed by atoms with E-state index in [0.717, 1.165) is 23.1 Å². The van der Waals surface area contributed by atoms with Crippen molar-refractivity contribution in [3.05, 3.63) is 76.2 Å². The Kier molecular flexibility index (Phi) is 8.61. The van der Waals surface area contributed by atoms with Gasteiger partial charge in [-0.15, -0.1) is 0 Å². The number of likely N-dealkylation sites (tertiary alicyclic amines) is 1. The van der Waals surface area contributed by atoms with E-state index in [4.69, 9.17) is 16.3 Å². The summed E-state index contributed by atoms with van der Waals surface area (Å²) in [6, 6.07) is 11.6. The van der Waals surface area contributed by atoms with Gasteiger partial charge in [0.2, 0.25) is 0 Å². The third kappa shape index (κ3) is 7.39. The van der Waals surface area contributed by atoms with Crippen LogP contribution in [0, 0.1) is 30.6 Å². The van der Waals surface area contributed by atoms with Crippen molar-refractivity contribution in [1.29, 1.82) is 0 Å². The maximum Gasteiger partial charge on any atom is 0.410 e. The number of ether oxygens (including phenoxy) is 1. The number of carbonyl (C=O) groups excluding carboxylic acids is 2. The summed E-state index contributed by atoms with van der Waals surface area (Å²) in [7, 11) is 0. The Morgan fingerprint density at radius 2 is 1.87 bits per heavy atom. The Balaban J connectivity index is 1.41. The number of nitrogens with zero attached hydrogens (tertiary/aromatic N) is 4. The van der Waals surface area contributed by atoms with Gasteiger partial charge in [-0.05, 0) is 69.7 Å². The molecule has 2 amide bonds. The minimum atomic E-state index is -0.533. The largest absolute Gasteiger partial charge is 0.444 e. The van der Waals surface area contributed by atoms with Gasteiger partial charge in [0, 0.05) is 37.0 Å². The number of hydrogen-bond donors (Lipinski definition) is 1. The second-order valence-electron chi connectivity index (χ2n) is 10.9. The molecule has 1 aliphatic rings. The van der Waals surface area contributed by atoms with Crippen molar-refractivity contribution in [2.75, 3.05) is 18.4 Å². The van der Waals surface area contributed by atoms with E-state index < -0.39 is 5.60 Å². The van der Waals surface area contributed by atoms with Crippen LogP contribution in [0.4, 0.5) is 10.6 Å². The highest BCUT2D eigenvalue weighted by molar-refractivity contribution is 6.34. The van der Waals surface area contributed by atoms with Crippen molar-refractivity contribution in [1.82, 2.24) is 19.7 Å². The second-order valence-corrected chi connectivity index (χ2v) is 11.3. The normalized spacial score (nSPS) is 17.2. The first kappa shape index (κ1) is 28.2. The smallest absolute Gasteiger partial charge is 0.410 e. The molecule has 9 heteroatoms. The number of hydrogen-bond acceptors (Lipinski definition) is 5. The van der Waals surface area contributed by atoms with E-state index in [9.17, 15) is 9.59 Å². The van der Waals surface area contributed by atoms with E-state index >= 15 is 0 Å². The van der Waals surface area contributed by atoms with Crippen LogP contribution in [0.1, 0.15) is 61.3 Å². The maximum absolute atomic E-state index is 13.3. The van der Waals surface area contributed by atoms with E-state index in [-0.39, 0.29) is 34.6 Å². The van der Waals surface area contributed by atoms with Crippen LogP contribution in [0.2, 0.25) is 5.02 Å². The average molecular weight is 548 g/mol. The molecular formula is C30H34ClN5O3. The number of benzene rings is 1. The molecule has 1 N–H and O–H groups in total. The molecule has 39 heavy (non-hydrogen) atoms. The molecule has 2 unspecified atom stereocenters. The molecule has 3 heterocycles. The zero-order valence-corrected chi connectivity index (χ0v) is 23.7. The summed E-state index contributed by atoms with van der Waals surface area (Å²) in [5.74, 6) is 6.69. The predicted octanol–water partition coefficient (Wildman–Crippen LogP) is 5.79. The van der Waals surface area contributed by atoms with Crippen molar-refractivity contribution in [2.45, 2.75) is 53.2 Å². The number of piperidine rings is 1. The lowest BCUT2D eigenvalue weighted by Crippen LogP contribution is -2.46. The van der Waals surface area contributed by atoms with Crippen LogP contribution < -0.4 is 5.32 Å². The van der Waals surface area contributed by atoms with Crippen LogP contribution in [0.25, 0.3) is 0 Å². The molecule has 2 aromatic heterocycles. The standard InChI is InChI=1S/C30H34ClN5O3/c1-20-15-23(12-11-22-9-7-6-8-10-22)16-32-27(20)34-28(37)26-25(31)17-33-36(26)19-24-13-14-35(18-21(24)2)29(38)39-30(3,4)5/h6-10,15-17,21,24H,13-14,18-19H2,1-5H3,(H,32,34,37). The summed E-state index contributed by atoms with van der Waals surface area (Å²) in [6.45, 7) is 11.2. The lowest BCUT2D eigenvalue weighted by molar-refractivity contribution is 0.0103. The number of rotatable bonds is 4. The average Bonchev–Trinajstić information content (AvgIpc) is 3.24. The number of carbonyl (C=O) groups is 2. The van der Waals surface area contributed by atoms with Gasteiger partial charge in [-0.1, -0.05) is 48.6 Å². The van der Waals surface area contributed by atoms with Crippen molar-refractivity contribution in [3.63, 3.8) is 0 Å². The molecule has 1 aromatic carbocycles. The number of aromatic nitrogens is 3. The molecule has 2 atom stereocenters. The summed E-state index contributed by atoms with van der Waals surface area (Å²) < 4.78 is 7.18. The lowest BCUT2D eigenvalue weighted by Gasteiger charge is -2.37. The fourth-order valence-electron chi connectivity index (χ4n) is 4.51. The van der Waals surface area contributed by atoms with Crippen LogP contribution in [0.3, 0.4) is 0 Å². The Labute approximate surface area is 234 Å². The number of halogens is 1. The Morgan fingerprint density at radius 3 is 2.54 bits per heavy atom. The SMILES string of the molecule is Cc1cc(C#Cc2ccccc2)cnc1NC(=O)c1c(Cl)cnn1CC1CCN(C(=O)OC(C)(C)C)CC1C. The third-order valence-corrected chi connectivity index (χ3v) is 6.86. The van der Waals surface area contributed by atoms with Crippen LogP contribution in [-0.2, 0) is 11.3 Å². The highest BCUT2D eigenvalue weighted by Gasteiger charge is 2.32. The summed E-state index contributed by atoms with van der Waals surface area (Å²) in [5, 5.41) is 7.53. The van der Waals surface area contributed by atoms with Crippen LogP contribution in [-0.4, -0.2) is 50.4 Å². The fraction of sp³-hybridized carbons (Fsp3) is 0.400. The molecule has 0 bridgehead atoms. The number of anilines is 1. The molecule has 0 radical (unpaired) electrons. The van der Waals surface area contributed by atoms with Crippen molar-refractivity contribution in [2.24, 2.45) is 11.8 Å². The quantitative estimate of drug-likeness (QED) is 0.418. The summed E-state index contributed by atoms with van der Waals surface area (Å²) in [4.78, 5) is 31.9. The minimum absolute atomic E-state index is 0.193. The molecule has 3 aromatic rings. The maximum atomic E-state index is 13.3. The topological polar surface area (TPSA) is 89.4 Å². The fourth-order valence-corrected chi connectivity index (χ4v) is 4.74. The Hall–Kier alpha value is -3.83. The minimum Gasteiger partial charge on any atom is -0.444 e. The first-order chi connectivity index (χ1) is 18.5. The van der Waals surface area contributed by atoms with Gasteiger partial charge in [0.1, 0.15) is 17.1 Å². The molecule has 204 valence electrons. The summed E-state index contributed by atoms with van der Waals surface area (Å²) in [5.41, 5.74) is 2.21. The van der Waals surface area contributed by atoms with Gasteiger partial charge in [-0.2, -0.15) is 5.10 Å². The van der Waals surface area contributed by atoms with Gasteiger partial charge in [0.15, 0.2) is 0 Å². The third-order valence-electron chi connectivity index (χ3n) is 6.59. The number of pyridine rings is 1. The van der Waals surface area contributed by atoms with E-state index in [1.807, 2.05) is 64.1 Å². The molecular weight excluding hydrogens is 514 g/mol. The summed E-state index contributed by atoms with van der Waals surface area (Å²) in [6.07, 6.45) is 3.59. The highest BCUT2D eigenvalue weighted by atomic mass is 35.5.